The highest BCUT2D eigenvalue weighted by atomic mass is 29.6. The lowest BCUT2D eigenvalue weighted by atomic mass is 10.2. The Morgan fingerprint density at radius 1 is 0.481 bits per heavy atom. The maximum atomic E-state index is 2.32. The molecule has 0 aliphatic heterocycles. The molecule has 0 aliphatic rings. The van der Waals surface area contributed by atoms with Crippen LogP contribution in [0.4, 0.5) is 0 Å². The summed E-state index contributed by atoms with van der Waals surface area (Å²) < 4.78 is 0. The standard InChI is InChI=1S/C24H32Si3/c1-4-10-22(11-5-1)16-19-25-27(21-18-24-14-8-3-9-15-24)26-20-17-23-12-6-2-7-13-23/h1-15,27H,16-21,25-26H2. The van der Waals surface area contributed by atoms with Crippen LogP contribution in [0.1, 0.15) is 16.7 Å². The van der Waals surface area contributed by atoms with Crippen LogP contribution in [0.15, 0.2) is 91.0 Å². The molecule has 140 valence electrons. The summed E-state index contributed by atoms with van der Waals surface area (Å²) in [4.78, 5) is 0. The zero-order valence-electron chi connectivity index (χ0n) is 16.4. The van der Waals surface area contributed by atoms with Gasteiger partial charge in [-0.15, -0.1) is 0 Å². The molecule has 0 radical (unpaired) electrons. The van der Waals surface area contributed by atoms with Crippen molar-refractivity contribution in [3.05, 3.63) is 108 Å². The Balaban J connectivity index is 1.47. The van der Waals surface area contributed by atoms with Crippen LogP contribution in [-0.2, 0) is 19.3 Å². The topological polar surface area (TPSA) is 0 Å². The Morgan fingerprint density at radius 2 is 0.852 bits per heavy atom. The van der Waals surface area contributed by atoms with E-state index in [1.807, 2.05) is 0 Å². The summed E-state index contributed by atoms with van der Waals surface area (Å²) in [6.45, 7) is 0. The molecular weight excluding hydrogens is 373 g/mol. The van der Waals surface area contributed by atoms with Crippen molar-refractivity contribution in [2.45, 2.75) is 37.4 Å². The van der Waals surface area contributed by atoms with Crippen molar-refractivity contribution in [1.29, 1.82) is 0 Å². The summed E-state index contributed by atoms with van der Waals surface area (Å²) in [6, 6.07) is 38.1. The lowest BCUT2D eigenvalue weighted by Crippen LogP contribution is -2.31. The van der Waals surface area contributed by atoms with Crippen molar-refractivity contribution < 1.29 is 0 Å². The van der Waals surface area contributed by atoms with Gasteiger partial charge in [-0.2, -0.15) is 0 Å². The molecule has 0 amide bonds. The minimum absolute atomic E-state index is 0.166. The van der Waals surface area contributed by atoms with Gasteiger partial charge >= 0.3 is 0 Å². The normalized spacial score (nSPS) is 12.9. The molecule has 3 heteroatoms. The van der Waals surface area contributed by atoms with E-state index in [0.717, 1.165) is 0 Å². The highest BCUT2D eigenvalue weighted by Crippen LogP contribution is 2.10. The van der Waals surface area contributed by atoms with Crippen LogP contribution in [0.2, 0.25) is 18.1 Å². The molecule has 0 unspecified atom stereocenters. The molecule has 3 aromatic carbocycles. The highest BCUT2D eigenvalue weighted by Gasteiger charge is 2.12. The molecule has 0 spiro atoms. The Kier molecular flexibility index (Phi) is 8.84. The number of benzene rings is 3. The van der Waals surface area contributed by atoms with Crippen LogP contribution in [0, 0.1) is 0 Å². The molecule has 0 aliphatic carbocycles. The van der Waals surface area contributed by atoms with Crippen molar-refractivity contribution >= 4 is 25.9 Å². The van der Waals surface area contributed by atoms with Crippen molar-refractivity contribution in [2.75, 3.05) is 0 Å². The lowest BCUT2D eigenvalue weighted by Gasteiger charge is -2.15. The molecule has 0 aromatic heterocycles. The Labute approximate surface area is 170 Å². The SMILES string of the molecule is c1ccc(CC[SiH2][SiH](CCc2ccccc2)[SiH2]CCc2ccccc2)cc1. The Morgan fingerprint density at radius 3 is 1.26 bits per heavy atom. The molecule has 0 saturated carbocycles. The van der Waals surface area contributed by atoms with Gasteiger partial charge in [-0.25, -0.2) is 0 Å². The van der Waals surface area contributed by atoms with E-state index >= 15 is 0 Å². The van der Waals surface area contributed by atoms with Crippen LogP contribution < -0.4 is 0 Å². The summed E-state index contributed by atoms with van der Waals surface area (Å²) in [5, 5.41) is 0. The van der Waals surface area contributed by atoms with E-state index in [-0.39, 0.29) is 18.1 Å². The average molecular weight is 405 g/mol. The van der Waals surface area contributed by atoms with E-state index in [2.05, 4.69) is 91.0 Å². The first-order valence-electron chi connectivity index (χ1n) is 10.5. The fourth-order valence-corrected chi connectivity index (χ4v) is 24.2. The Bertz CT molecular complexity index is 699. The van der Waals surface area contributed by atoms with Crippen LogP contribution in [-0.4, -0.2) is 25.9 Å². The van der Waals surface area contributed by atoms with E-state index in [0.29, 0.717) is 0 Å². The average Bonchev–Trinajstić information content (AvgIpc) is 2.74. The third-order valence-electron chi connectivity index (χ3n) is 5.53. The molecule has 0 atom stereocenters. The lowest BCUT2D eigenvalue weighted by molar-refractivity contribution is 1.11. The van der Waals surface area contributed by atoms with Crippen molar-refractivity contribution in [1.82, 2.24) is 0 Å². The van der Waals surface area contributed by atoms with E-state index in [9.17, 15) is 0 Å². The number of hydrogen-bond donors (Lipinski definition) is 0. The first-order valence-corrected chi connectivity index (χ1v) is 19.9. The maximum absolute atomic E-state index is 2.32. The summed E-state index contributed by atoms with van der Waals surface area (Å²) in [6.07, 6.45) is 4.00. The van der Waals surface area contributed by atoms with Gasteiger partial charge < -0.3 is 0 Å². The monoisotopic (exact) mass is 404 g/mol. The molecular formula is C24H32Si3. The summed E-state index contributed by atoms with van der Waals surface area (Å²) in [5.74, 6) is 0. The summed E-state index contributed by atoms with van der Waals surface area (Å²) in [5.41, 5.74) is 4.66. The minimum Gasteiger partial charge on any atom is -0.0622 e. The van der Waals surface area contributed by atoms with Gasteiger partial charge in [0, 0.05) is 25.9 Å². The minimum atomic E-state index is -0.408. The second kappa shape index (κ2) is 11.9. The second-order valence-electron chi connectivity index (χ2n) is 7.65. The molecule has 3 rings (SSSR count). The number of rotatable bonds is 11. The fourth-order valence-electron chi connectivity index (χ4n) is 3.93. The predicted molar refractivity (Wildman–Crippen MR) is 129 cm³/mol. The van der Waals surface area contributed by atoms with Crippen LogP contribution in [0.3, 0.4) is 0 Å². The van der Waals surface area contributed by atoms with Crippen molar-refractivity contribution in [3.8, 4) is 0 Å². The van der Waals surface area contributed by atoms with Gasteiger partial charge in [-0.05, 0) is 36.0 Å². The van der Waals surface area contributed by atoms with E-state index in [1.54, 1.807) is 22.7 Å². The zero-order chi connectivity index (χ0) is 18.6. The summed E-state index contributed by atoms with van der Waals surface area (Å²) >= 11 is 0. The van der Waals surface area contributed by atoms with E-state index in [1.165, 1.54) is 31.4 Å². The molecule has 0 nitrogen and oxygen atoms in total. The third kappa shape index (κ3) is 7.83. The summed E-state index contributed by atoms with van der Waals surface area (Å²) in [7, 11) is -0.0761. The Hall–Kier alpha value is -1.69. The predicted octanol–water partition coefficient (Wildman–Crippen LogP) is 4.11. The van der Waals surface area contributed by atoms with Crippen LogP contribution >= 0.6 is 0 Å². The first-order chi connectivity index (χ1) is 13.4. The van der Waals surface area contributed by atoms with Gasteiger partial charge in [0.15, 0.2) is 0 Å². The largest absolute Gasteiger partial charge is 0.0622 e. The number of hydrogen-bond acceptors (Lipinski definition) is 0. The first kappa shape index (κ1) is 20.1. The van der Waals surface area contributed by atoms with Gasteiger partial charge in [0.1, 0.15) is 0 Å². The molecule has 0 saturated heterocycles. The zero-order valence-corrected chi connectivity index (χ0v) is 20.4. The van der Waals surface area contributed by atoms with E-state index in [4.69, 9.17) is 0 Å². The van der Waals surface area contributed by atoms with Crippen LogP contribution in [0.5, 0.6) is 0 Å². The molecule has 0 N–H and O–H groups in total. The molecule has 0 fully saturated rings. The van der Waals surface area contributed by atoms with Gasteiger partial charge in [0.25, 0.3) is 0 Å². The second-order valence-corrected chi connectivity index (χ2v) is 26.4. The number of aryl methyl sites for hydroxylation is 3. The van der Waals surface area contributed by atoms with Crippen molar-refractivity contribution in [2.24, 2.45) is 0 Å². The highest BCUT2D eigenvalue weighted by molar-refractivity contribution is 7.39. The third-order valence-corrected chi connectivity index (χ3v) is 26.9. The quantitative estimate of drug-likeness (QED) is 0.422. The van der Waals surface area contributed by atoms with Gasteiger partial charge in [0.05, 0.1) is 0 Å². The fraction of sp³-hybridized carbons (Fsp3) is 0.250. The van der Waals surface area contributed by atoms with Crippen molar-refractivity contribution in [3.63, 3.8) is 0 Å². The van der Waals surface area contributed by atoms with Crippen LogP contribution in [0.25, 0.3) is 0 Å². The molecule has 0 bridgehead atoms. The van der Waals surface area contributed by atoms with E-state index < -0.39 is 7.83 Å². The molecule has 27 heavy (non-hydrogen) atoms. The smallest absolute Gasteiger partial charge is 0.0132 e. The molecule has 3 aromatic rings. The maximum Gasteiger partial charge on any atom is 0.0132 e. The molecule has 0 heterocycles. The van der Waals surface area contributed by atoms with Gasteiger partial charge in [-0.3, -0.25) is 0 Å². The van der Waals surface area contributed by atoms with Gasteiger partial charge in [0.2, 0.25) is 0 Å². The van der Waals surface area contributed by atoms with Gasteiger partial charge in [-0.1, -0.05) is 109 Å².